The number of amides is 1. The third-order valence-corrected chi connectivity index (χ3v) is 5.59. The molecule has 0 bridgehead atoms. The minimum Gasteiger partial charge on any atom is -0.352 e. The molecule has 1 unspecified atom stereocenters. The van der Waals surface area contributed by atoms with Crippen molar-refractivity contribution < 1.29 is 9.69 Å². The molecule has 1 aromatic rings. The molecule has 2 N–H and O–H groups in total. The number of benzene rings is 1. The van der Waals surface area contributed by atoms with E-state index < -0.39 is 0 Å². The molecule has 0 spiro atoms. The predicted octanol–water partition coefficient (Wildman–Crippen LogP) is 2.03. The van der Waals surface area contributed by atoms with Gasteiger partial charge >= 0.3 is 0 Å². The van der Waals surface area contributed by atoms with Crippen LogP contribution in [0.2, 0.25) is 0 Å². The number of carbonyl (C=O) groups is 1. The highest BCUT2D eigenvalue weighted by Crippen LogP contribution is 2.20. The summed E-state index contributed by atoms with van der Waals surface area (Å²) >= 11 is 3.40. The lowest BCUT2D eigenvalue weighted by molar-refractivity contribution is -0.939. The van der Waals surface area contributed by atoms with Crippen LogP contribution in [0, 0.1) is 5.92 Å². The van der Waals surface area contributed by atoms with Crippen molar-refractivity contribution in [3.8, 4) is 0 Å². The Bertz CT molecular complexity index is 486. The number of hydrogen-bond acceptors (Lipinski definition) is 1. The highest BCUT2D eigenvalue weighted by molar-refractivity contribution is 9.10. The van der Waals surface area contributed by atoms with Gasteiger partial charge in [0.25, 0.3) is 5.91 Å². The molecule has 1 aromatic carbocycles. The van der Waals surface area contributed by atoms with Crippen molar-refractivity contribution in [2.75, 3.05) is 19.6 Å². The number of carbonyl (C=O) groups excluding carboxylic acids is 1. The molecule has 0 aliphatic carbocycles. The predicted molar refractivity (Wildman–Crippen MR) is 87.5 cm³/mol. The van der Waals surface area contributed by atoms with Crippen molar-refractivity contribution in [3.05, 3.63) is 34.3 Å². The van der Waals surface area contributed by atoms with Gasteiger partial charge in [0.1, 0.15) is 0 Å². The standard InChI is InChI=1S/C17H23BrN2O/c18-15-8-6-13(7-9-15)17(21)19-12-14-4-3-11-20-10-2-1-5-16(14)20/h6-9,14,16H,1-5,10-12H2,(H,19,21)/p+1/t14-,16-/m1/s1. The molecule has 1 amide bonds. The van der Waals surface area contributed by atoms with Gasteiger partial charge in [0.15, 0.2) is 0 Å². The first kappa shape index (κ1) is 15.0. The number of quaternary nitrogens is 1. The average molecular weight is 352 g/mol. The van der Waals surface area contributed by atoms with Crippen molar-refractivity contribution in [1.29, 1.82) is 0 Å². The summed E-state index contributed by atoms with van der Waals surface area (Å²) in [6, 6.07) is 8.36. The van der Waals surface area contributed by atoms with Crippen LogP contribution in [-0.2, 0) is 0 Å². The van der Waals surface area contributed by atoms with Crippen LogP contribution in [0.1, 0.15) is 42.5 Å². The van der Waals surface area contributed by atoms with E-state index in [1.54, 1.807) is 4.90 Å². The zero-order valence-electron chi connectivity index (χ0n) is 12.4. The summed E-state index contributed by atoms with van der Waals surface area (Å²) in [5, 5.41) is 3.15. The smallest absolute Gasteiger partial charge is 0.251 e. The van der Waals surface area contributed by atoms with Crippen LogP contribution in [0.25, 0.3) is 0 Å². The summed E-state index contributed by atoms with van der Waals surface area (Å²) in [6.45, 7) is 3.51. The van der Waals surface area contributed by atoms with Crippen molar-refractivity contribution >= 4 is 21.8 Å². The van der Waals surface area contributed by atoms with E-state index in [2.05, 4.69) is 21.2 Å². The van der Waals surface area contributed by atoms with Gasteiger partial charge in [0.2, 0.25) is 0 Å². The van der Waals surface area contributed by atoms with E-state index in [1.807, 2.05) is 24.3 Å². The normalized spacial score (nSPS) is 28.7. The fraction of sp³-hybridized carbons (Fsp3) is 0.588. The molecule has 0 radical (unpaired) electrons. The first-order chi connectivity index (χ1) is 10.2. The molecule has 2 aliphatic heterocycles. The summed E-state index contributed by atoms with van der Waals surface area (Å²) in [5.41, 5.74) is 0.752. The first-order valence-corrected chi connectivity index (χ1v) is 8.91. The lowest BCUT2D eigenvalue weighted by Gasteiger charge is -2.41. The van der Waals surface area contributed by atoms with Crippen LogP contribution in [0.3, 0.4) is 0 Å². The van der Waals surface area contributed by atoms with Gasteiger partial charge in [0, 0.05) is 22.5 Å². The van der Waals surface area contributed by atoms with E-state index in [-0.39, 0.29) is 5.91 Å². The zero-order valence-corrected chi connectivity index (χ0v) is 14.0. The van der Waals surface area contributed by atoms with E-state index in [4.69, 9.17) is 0 Å². The molecule has 2 aliphatic rings. The third-order valence-electron chi connectivity index (χ3n) is 5.06. The van der Waals surface area contributed by atoms with Crippen LogP contribution < -0.4 is 10.2 Å². The monoisotopic (exact) mass is 351 g/mol. The minimum atomic E-state index is 0.0606. The van der Waals surface area contributed by atoms with E-state index in [0.29, 0.717) is 5.92 Å². The van der Waals surface area contributed by atoms with Gasteiger partial charge in [-0.2, -0.15) is 0 Å². The highest BCUT2D eigenvalue weighted by Gasteiger charge is 2.36. The van der Waals surface area contributed by atoms with Crippen LogP contribution in [0.15, 0.2) is 28.7 Å². The van der Waals surface area contributed by atoms with Gasteiger partial charge in [-0.1, -0.05) is 15.9 Å². The second kappa shape index (κ2) is 6.93. The fourth-order valence-electron chi connectivity index (χ4n) is 3.95. The maximum Gasteiger partial charge on any atom is 0.251 e. The number of rotatable bonds is 3. The van der Waals surface area contributed by atoms with Crippen molar-refractivity contribution in [1.82, 2.24) is 5.32 Å². The lowest BCUT2D eigenvalue weighted by Crippen LogP contribution is -3.18. The lowest BCUT2D eigenvalue weighted by atomic mass is 9.83. The molecule has 0 aromatic heterocycles. The number of fused-ring (bicyclic) bond motifs is 1. The molecule has 2 heterocycles. The largest absolute Gasteiger partial charge is 0.352 e. The Labute approximate surface area is 135 Å². The van der Waals surface area contributed by atoms with E-state index in [0.717, 1.165) is 22.6 Å². The zero-order chi connectivity index (χ0) is 14.7. The first-order valence-electron chi connectivity index (χ1n) is 8.12. The van der Waals surface area contributed by atoms with E-state index in [9.17, 15) is 4.79 Å². The Morgan fingerprint density at radius 3 is 2.71 bits per heavy atom. The van der Waals surface area contributed by atoms with Gasteiger partial charge in [-0.25, -0.2) is 0 Å². The second-order valence-electron chi connectivity index (χ2n) is 6.38. The molecule has 114 valence electrons. The van der Waals surface area contributed by atoms with Gasteiger partial charge < -0.3 is 10.2 Å². The van der Waals surface area contributed by atoms with E-state index in [1.165, 1.54) is 45.2 Å². The Morgan fingerprint density at radius 1 is 1.14 bits per heavy atom. The summed E-state index contributed by atoms with van der Waals surface area (Å²) < 4.78 is 1.01. The van der Waals surface area contributed by atoms with Crippen LogP contribution in [-0.4, -0.2) is 31.6 Å². The summed E-state index contributed by atoms with van der Waals surface area (Å²) in [7, 11) is 0. The number of nitrogens with one attached hydrogen (secondary N) is 2. The molecule has 4 heteroatoms. The summed E-state index contributed by atoms with van der Waals surface area (Å²) in [4.78, 5) is 14.0. The molecule has 2 fully saturated rings. The second-order valence-corrected chi connectivity index (χ2v) is 7.30. The van der Waals surface area contributed by atoms with Crippen molar-refractivity contribution in [2.24, 2.45) is 5.92 Å². The van der Waals surface area contributed by atoms with Gasteiger partial charge in [-0.15, -0.1) is 0 Å². The Morgan fingerprint density at radius 2 is 1.90 bits per heavy atom. The molecule has 3 rings (SSSR count). The summed E-state index contributed by atoms with van der Waals surface area (Å²) in [6.07, 6.45) is 6.67. The molecule has 21 heavy (non-hydrogen) atoms. The van der Waals surface area contributed by atoms with Crippen LogP contribution >= 0.6 is 15.9 Å². The number of hydrogen-bond donors (Lipinski definition) is 2. The maximum atomic E-state index is 12.2. The SMILES string of the molecule is O=C(NC[C@H]1CCC[NH+]2CCCC[C@H]12)c1ccc(Br)cc1. The highest BCUT2D eigenvalue weighted by atomic mass is 79.9. The van der Waals surface area contributed by atoms with Crippen LogP contribution in [0.4, 0.5) is 0 Å². The van der Waals surface area contributed by atoms with Crippen molar-refractivity contribution in [2.45, 2.75) is 38.1 Å². The third kappa shape index (κ3) is 3.67. The molecule has 2 saturated heterocycles. The quantitative estimate of drug-likeness (QED) is 0.858. The topological polar surface area (TPSA) is 33.5 Å². The van der Waals surface area contributed by atoms with Crippen LogP contribution in [0.5, 0.6) is 0 Å². The Hall–Kier alpha value is -0.870. The Kier molecular flexibility index (Phi) is 4.96. The number of halogens is 1. The molecular formula is C17H24BrN2O+. The Balaban J connectivity index is 1.56. The van der Waals surface area contributed by atoms with Gasteiger partial charge in [-0.3, -0.25) is 4.79 Å². The van der Waals surface area contributed by atoms with E-state index >= 15 is 0 Å². The molecular weight excluding hydrogens is 328 g/mol. The average Bonchev–Trinajstić information content (AvgIpc) is 2.53. The molecule has 3 atom stereocenters. The van der Waals surface area contributed by atoms with Crippen molar-refractivity contribution in [3.63, 3.8) is 0 Å². The summed E-state index contributed by atoms with van der Waals surface area (Å²) in [5.74, 6) is 0.721. The molecule has 0 saturated carbocycles. The maximum absolute atomic E-state index is 12.2. The van der Waals surface area contributed by atoms with Gasteiger partial charge in [0.05, 0.1) is 19.1 Å². The van der Waals surface area contributed by atoms with Gasteiger partial charge in [-0.05, 0) is 56.4 Å². The number of piperidine rings is 2. The molecule has 3 nitrogen and oxygen atoms in total. The minimum absolute atomic E-state index is 0.0606. The fourth-order valence-corrected chi connectivity index (χ4v) is 4.21.